The van der Waals surface area contributed by atoms with Crippen molar-refractivity contribution in [3.63, 3.8) is 0 Å². The number of urea groups is 1. The minimum atomic E-state index is -1.52. The van der Waals surface area contributed by atoms with Crippen LogP contribution in [0.2, 0.25) is 0 Å². The zero-order chi connectivity index (χ0) is 15.2. The molecule has 1 aromatic rings. The second kappa shape index (κ2) is 6.62. The maximum atomic E-state index is 11.9. The van der Waals surface area contributed by atoms with Crippen LogP contribution < -0.4 is 10.6 Å². The third kappa shape index (κ3) is 3.51. The van der Waals surface area contributed by atoms with Crippen LogP contribution in [0.1, 0.15) is 25.8 Å². The number of nitrogens with one attached hydrogen (secondary N) is 2. The molecule has 1 aromatic carbocycles. The largest absolute Gasteiger partial charge is 0.479 e. The maximum Gasteiger partial charge on any atom is 0.333 e. The van der Waals surface area contributed by atoms with Gasteiger partial charge in [-0.05, 0) is 18.9 Å². The first-order chi connectivity index (χ1) is 9.43. The smallest absolute Gasteiger partial charge is 0.333 e. The van der Waals surface area contributed by atoms with Gasteiger partial charge in [-0.3, -0.25) is 0 Å². The number of hydrogen-bond acceptors (Lipinski definition) is 2. The quantitative estimate of drug-likeness (QED) is 0.715. The number of carbonyl (C=O) groups is 2. The average Bonchev–Trinajstić information content (AvgIpc) is 2.45. The lowest BCUT2D eigenvalue weighted by Crippen LogP contribution is -2.54. The summed E-state index contributed by atoms with van der Waals surface area (Å²) in [5, 5.41) is 14.4. The Bertz CT molecular complexity index is 522. The molecule has 0 bridgehead atoms. The van der Waals surface area contributed by atoms with E-state index in [4.69, 9.17) is 6.42 Å². The monoisotopic (exact) mass is 274 g/mol. The third-order valence-corrected chi connectivity index (χ3v) is 3.06. The van der Waals surface area contributed by atoms with Crippen LogP contribution in [0.15, 0.2) is 30.3 Å². The highest BCUT2D eigenvalue weighted by atomic mass is 16.4. The van der Waals surface area contributed by atoms with Crippen molar-refractivity contribution in [3.05, 3.63) is 35.9 Å². The van der Waals surface area contributed by atoms with Gasteiger partial charge in [0.1, 0.15) is 0 Å². The molecule has 20 heavy (non-hydrogen) atoms. The lowest BCUT2D eigenvalue weighted by molar-refractivity contribution is -0.144. The van der Waals surface area contributed by atoms with Crippen molar-refractivity contribution in [3.8, 4) is 12.3 Å². The summed E-state index contributed by atoms with van der Waals surface area (Å²) >= 11 is 0. The van der Waals surface area contributed by atoms with E-state index in [9.17, 15) is 14.7 Å². The molecule has 2 amide bonds. The van der Waals surface area contributed by atoms with E-state index in [2.05, 4.69) is 16.6 Å². The van der Waals surface area contributed by atoms with Gasteiger partial charge in [-0.2, -0.15) is 0 Å². The van der Waals surface area contributed by atoms with Crippen molar-refractivity contribution in [2.75, 3.05) is 0 Å². The molecule has 0 saturated heterocycles. The third-order valence-electron chi connectivity index (χ3n) is 3.06. The van der Waals surface area contributed by atoms with E-state index >= 15 is 0 Å². The van der Waals surface area contributed by atoms with E-state index in [1.54, 1.807) is 30.3 Å². The molecular weight excluding hydrogens is 256 g/mol. The normalized spacial score (nSPS) is 14.4. The van der Waals surface area contributed by atoms with Gasteiger partial charge in [0.15, 0.2) is 5.54 Å². The molecule has 0 heterocycles. The molecule has 0 aromatic heterocycles. The fourth-order valence-corrected chi connectivity index (χ4v) is 1.70. The fourth-order valence-electron chi connectivity index (χ4n) is 1.70. The van der Waals surface area contributed by atoms with Gasteiger partial charge in [0, 0.05) is 0 Å². The molecule has 5 heteroatoms. The number of carboxylic acids is 1. The Morgan fingerprint density at radius 2 is 2.00 bits per heavy atom. The highest BCUT2D eigenvalue weighted by Gasteiger charge is 2.37. The summed E-state index contributed by atoms with van der Waals surface area (Å²) in [5.41, 5.74) is -1.03. The lowest BCUT2D eigenvalue weighted by Gasteiger charge is -2.27. The molecule has 0 aliphatic rings. The Morgan fingerprint density at radius 1 is 1.40 bits per heavy atom. The molecule has 0 spiro atoms. The Kier molecular flexibility index (Phi) is 5.15. The summed E-state index contributed by atoms with van der Waals surface area (Å²) < 4.78 is 0. The molecule has 0 radical (unpaired) electrons. The first-order valence-electron chi connectivity index (χ1n) is 6.27. The van der Waals surface area contributed by atoms with Crippen LogP contribution in [-0.2, 0) is 10.3 Å². The first-order valence-corrected chi connectivity index (χ1v) is 6.27. The predicted octanol–water partition coefficient (Wildman–Crippen LogP) is 1.70. The van der Waals surface area contributed by atoms with Crippen molar-refractivity contribution < 1.29 is 14.7 Å². The van der Waals surface area contributed by atoms with Crippen LogP contribution in [0, 0.1) is 12.3 Å². The van der Waals surface area contributed by atoms with Gasteiger partial charge in [0.05, 0.1) is 6.04 Å². The molecule has 0 aliphatic carbocycles. The van der Waals surface area contributed by atoms with Crippen molar-refractivity contribution >= 4 is 12.0 Å². The van der Waals surface area contributed by atoms with E-state index in [0.29, 0.717) is 12.0 Å². The van der Waals surface area contributed by atoms with Gasteiger partial charge in [0.25, 0.3) is 0 Å². The van der Waals surface area contributed by atoms with E-state index < -0.39 is 23.6 Å². The van der Waals surface area contributed by atoms with E-state index in [1.807, 2.05) is 6.92 Å². The maximum absolute atomic E-state index is 11.9. The number of carbonyl (C=O) groups excluding carboxylic acids is 1. The number of aliphatic carboxylic acids is 1. The van der Waals surface area contributed by atoms with Gasteiger partial charge in [-0.25, -0.2) is 9.59 Å². The number of rotatable bonds is 5. The SMILES string of the molecule is C#CC(CC)NC(=O)NC(C)(C(=O)O)c1ccccc1. The summed E-state index contributed by atoms with van der Waals surface area (Å²) in [6.07, 6.45) is 5.83. The second-order valence-corrected chi connectivity index (χ2v) is 4.52. The molecule has 1 rings (SSSR count). The van der Waals surface area contributed by atoms with Crippen LogP contribution in [0.4, 0.5) is 4.79 Å². The number of terminal acetylenes is 1. The Hall–Kier alpha value is -2.48. The Balaban J connectivity index is 2.92. The van der Waals surface area contributed by atoms with Crippen molar-refractivity contribution in [2.45, 2.75) is 31.8 Å². The minimum Gasteiger partial charge on any atom is -0.479 e. The summed E-state index contributed by atoms with van der Waals surface area (Å²) in [7, 11) is 0. The molecule has 2 atom stereocenters. The van der Waals surface area contributed by atoms with Crippen molar-refractivity contribution in [1.82, 2.24) is 10.6 Å². The standard InChI is InChI=1S/C15H18N2O3/c1-4-12(5-2)16-14(20)17-15(3,13(18)19)11-9-7-6-8-10-11/h1,6-10,12H,5H2,2-3H3,(H,18,19)(H2,16,17,20). The highest BCUT2D eigenvalue weighted by molar-refractivity contribution is 5.87. The molecule has 2 unspecified atom stereocenters. The van der Waals surface area contributed by atoms with Crippen LogP contribution in [0.5, 0.6) is 0 Å². The molecule has 0 aliphatic heterocycles. The van der Waals surface area contributed by atoms with Crippen molar-refractivity contribution in [2.24, 2.45) is 0 Å². The van der Waals surface area contributed by atoms with Crippen LogP contribution in [0.25, 0.3) is 0 Å². The van der Waals surface area contributed by atoms with Crippen molar-refractivity contribution in [1.29, 1.82) is 0 Å². The van der Waals surface area contributed by atoms with Gasteiger partial charge >= 0.3 is 12.0 Å². The number of hydrogen-bond donors (Lipinski definition) is 3. The molecule has 0 fully saturated rings. The van der Waals surface area contributed by atoms with E-state index in [1.165, 1.54) is 6.92 Å². The highest BCUT2D eigenvalue weighted by Crippen LogP contribution is 2.20. The minimum absolute atomic E-state index is 0.427. The fraction of sp³-hybridized carbons (Fsp3) is 0.333. The zero-order valence-corrected chi connectivity index (χ0v) is 11.5. The molecule has 3 N–H and O–H groups in total. The van der Waals surface area contributed by atoms with Gasteiger partial charge in [0.2, 0.25) is 0 Å². The topological polar surface area (TPSA) is 78.4 Å². The number of carboxylic acid groups (broad SMARTS) is 1. The molecule has 5 nitrogen and oxygen atoms in total. The zero-order valence-electron chi connectivity index (χ0n) is 11.5. The molecule has 106 valence electrons. The predicted molar refractivity (Wildman–Crippen MR) is 76.0 cm³/mol. The summed E-state index contributed by atoms with van der Waals surface area (Å²) in [5.74, 6) is 1.27. The van der Waals surface area contributed by atoms with Gasteiger partial charge < -0.3 is 15.7 Å². The number of benzene rings is 1. The Labute approximate surface area is 118 Å². The molecular formula is C15H18N2O3. The summed E-state index contributed by atoms with van der Waals surface area (Å²) in [6, 6.07) is 7.46. The van der Waals surface area contributed by atoms with E-state index in [-0.39, 0.29) is 0 Å². The number of amides is 2. The van der Waals surface area contributed by atoms with Crippen LogP contribution in [0.3, 0.4) is 0 Å². The van der Waals surface area contributed by atoms with Crippen LogP contribution >= 0.6 is 0 Å². The second-order valence-electron chi connectivity index (χ2n) is 4.52. The lowest BCUT2D eigenvalue weighted by atomic mass is 9.92. The molecule has 0 saturated carbocycles. The van der Waals surface area contributed by atoms with E-state index in [0.717, 1.165) is 0 Å². The summed E-state index contributed by atoms with van der Waals surface area (Å²) in [4.78, 5) is 23.4. The first kappa shape index (κ1) is 15.6. The average molecular weight is 274 g/mol. The van der Waals surface area contributed by atoms with Gasteiger partial charge in [-0.1, -0.05) is 43.2 Å². The Morgan fingerprint density at radius 3 is 2.45 bits per heavy atom. The van der Waals surface area contributed by atoms with Gasteiger partial charge in [-0.15, -0.1) is 6.42 Å². The van der Waals surface area contributed by atoms with Crippen LogP contribution in [-0.4, -0.2) is 23.1 Å². The summed E-state index contributed by atoms with van der Waals surface area (Å²) in [6.45, 7) is 3.26.